The third-order valence-electron chi connectivity index (χ3n) is 7.67. The molecule has 12 heteroatoms. The van der Waals surface area contributed by atoms with Crippen LogP contribution in [0, 0.1) is 5.82 Å². The van der Waals surface area contributed by atoms with Crippen LogP contribution in [-0.2, 0) is 15.8 Å². The molecule has 222 valence electrons. The topological polar surface area (TPSA) is 122 Å². The van der Waals surface area contributed by atoms with E-state index in [-0.39, 0.29) is 28.9 Å². The van der Waals surface area contributed by atoms with E-state index < -0.39 is 21.6 Å². The van der Waals surface area contributed by atoms with E-state index in [0.29, 0.717) is 34.3 Å². The molecule has 3 heterocycles. The number of benzene rings is 1. The lowest BCUT2D eigenvalue weighted by Gasteiger charge is -2.33. The number of anilines is 2. The Morgan fingerprint density at radius 3 is 2.43 bits per heavy atom. The highest BCUT2D eigenvalue weighted by Gasteiger charge is 2.23. The van der Waals surface area contributed by atoms with Crippen molar-refractivity contribution >= 4 is 32.7 Å². The molecule has 0 amide bonds. The van der Waals surface area contributed by atoms with Gasteiger partial charge in [0.15, 0.2) is 0 Å². The number of aromatic nitrogens is 4. The second-order valence-electron chi connectivity index (χ2n) is 11.3. The number of nitrogens with one attached hydrogen (secondary N) is 2. The number of rotatable bonds is 9. The van der Waals surface area contributed by atoms with E-state index in [0.717, 1.165) is 25.7 Å². The Labute approximate surface area is 245 Å². The molecule has 4 aromatic rings. The average Bonchev–Trinajstić information content (AvgIpc) is 2.94. The van der Waals surface area contributed by atoms with Gasteiger partial charge in [0.1, 0.15) is 11.5 Å². The van der Waals surface area contributed by atoms with Crippen LogP contribution in [0.2, 0.25) is 0 Å². The van der Waals surface area contributed by atoms with Crippen LogP contribution in [0.1, 0.15) is 51.1 Å². The Balaban J connectivity index is 1.38. The summed E-state index contributed by atoms with van der Waals surface area (Å²) < 4.78 is 43.2. The van der Waals surface area contributed by atoms with Crippen molar-refractivity contribution < 1.29 is 12.8 Å². The number of fused-ring (bicyclic) bond motifs is 1. The first kappa shape index (κ1) is 29.6. The number of halogens is 1. The van der Waals surface area contributed by atoms with Crippen molar-refractivity contribution in [3.05, 3.63) is 76.6 Å². The molecule has 5 rings (SSSR count). The summed E-state index contributed by atoms with van der Waals surface area (Å²) in [6.45, 7) is 3.84. The second-order valence-corrected chi connectivity index (χ2v) is 13.0. The van der Waals surface area contributed by atoms with Crippen LogP contribution in [0.15, 0.2) is 59.7 Å². The summed E-state index contributed by atoms with van der Waals surface area (Å²) in [5.74, 6) is -0.602. The zero-order chi connectivity index (χ0) is 30.0. The molecule has 1 aromatic carbocycles. The molecule has 0 atom stereocenters. The summed E-state index contributed by atoms with van der Waals surface area (Å²) >= 11 is 0. The quantitative estimate of drug-likeness (QED) is 0.284. The van der Waals surface area contributed by atoms with Crippen LogP contribution >= 0.6 is 0 Å². The maximum Gasteiger partial charge on any atom is 0.261 e. The molecule has 0 spiro atoms. The molecular formula is C30H36FN7O3S. The highest BCUT2D eigenvalue weighted by Crippen LogP contribution is 2.26. The lowest BCUT2D eigenvalue weighted by Crippen LogP contribution is -2.36. The van der Waals surface area contributed by atoms with Gasteiger partial charge in [-0.1, -0.05) is 18.2 Å². The second kappa shape index (κ2) is 12.1. The van der Waals surface area contributed by atoms with Crippen LogP contribution in [-0.4, -0.2) is 59.0 Å². The Bertz CT molecular complexity index is 1730. The van der Waals surface area contributed by atoms with Gasteiger partial charge in [-0.2, -0.15) is 4.98 Å². The Morgan fingerprint density at radius 2 is 1.79 bits per heavy atom. The van der Waals surface area contributed by atoms with Crippen molar-refractivity contribution in [2.24, 2.45) is 0 Å². The van der Waals surface area contributed by atoms with E-state index in [1.807, 2.05) is 13.8 Å². The molecule has 0 aliphatic heterocycles. The molecule has 1 aliphatic rings. The molecule has 42 heavy (non-hydrogen) atoms. The third kappa shape index (κ3) is 6.60. The van der Waals surface area contributed by atoms with Crippen LogP contribution in [0.25, 0.3) is 22.3 Å². The molecule has 1 aliphatic carbocycles. The van der Waals surface area contributed by atoms with Gasteiger partial charge < -0.3 is 10.2 Å². The first-order valence-electron chi connectivity index (χ1n) is 14.1. The highest BCUT2D eigenvalue weighted by atomic mass is 32.2. The maximum atomic E-state index is 14.0. The molecule has 1 fully saturated rings. The lowest BCUT2D eigenvalue weighted by atomic mass is 9.91. The molecule has 0 saturated heterocycles. The number of pyridine rings is 2. The van der Waals surface area contributed by atoms with E-state index in [1.165, 1.54) is 30.5 Å². The van der Waals surface area contributed by atoms with Crippen molar-refractivity contribution in [3.63, 3.8) is 0 Å². The van der Waals surface area contributed by atoms with E-state index in [1.54, 1.807) is 29.0 Å². The summed E-state index contributed by atoms with van der Waals surface area (Å²) in [6, 6.07) is 11.2. The van der Waals surface area contributed by atoms with Gasteiger partial charge in [0, 0.05) is 35.3 Å². The minimum absolute atomic E-state index is 0.0669. The molecule has 10 nitrogen and oxygen atoms in total. The van der Waals surface area contributed by atoms with E-state index >= 15 is 0 Å². The van der Waals surface area contributed by atoms with Gasteiger partial charge in [-0.05, 0) is 77.9 Å². The van der Waals surface area contributed by atoms with Crippen LogP contribution in [0.5, 0.6) is 0 Å². The standard InChI is InChI=1S/C30H36FN7O3S/c1-19(2)38-28-21(16-33-30(35-28)34-22-9-12-24(13-10-22)37(3)4)15-25(29(38)39)27-14-11-23(17-32-27)36-42(40,41)18-20-7-5-6-8-26(20)31/h5-8,11,14-17,19,22,24,36H,9-10,12-13,18H2,1-4H3,(H,33,34,35). The van der Waals surface area contributed by atoms with E-state index in [9.17, 15) is 17.6 Å². The summed E-state index contributed by atoms with van der Waals surface area (Å²) in [6.07, 6.45) is 7.33. The molecule has 0 bridgehead atoms. The van der Waals surface area contributed by atoms with Gasteiger partial charge in [0.2, 0.25) is 16.0 Å². The third-order valence-corrected chi connectivity index (χ3v) is 8.90. The summed E-state index contributed by atoms with van der Waals surface area (Å²) in [5.41, 5.74) is 1.29. The zero-order valence-corrected chi connectivity index (χ0v) is 25.0. The summed E-state index contributed by atoms with van der Waals surface area (Å²) in [7, 11) is 0.349. The number of hydrogen-bond acceptors (Lipinski definition) is 8. The van der Waals surface area contributed by atoms with Crippen molar-refractivity contribution in [1.29, 1.82) is 0 Å². The smallest absolute Gasteiger partial charge is 0.261 e. The maximum absolute atomic E-state index is 14.0. The molecule has 0 radical (unpaired) electrons. The molecule has 3 aromatic heterocycles. The summed E-state index contributed by atoms with van der Waals surface area (Å²) in [4.78, 5) is 29.6. The monoisotopic (exact) mass is 593 g/mol. The fraction of sp³-hybridized carbons (Fsp3) is 0.400. The van der Waals surface area contributed by atoms with Crippen LogP contribution in [0.4, 0.5) is 16.0 Å². The van der Waals surface area contributed by atoms with Gasteiger partial charge in [0.25, 0.3) is 5.56 Å². The first-order valence-corrected chi connectivity index (χ1v) is 15.7. The molecular weight excluding hydrogens is 557 g/mol. The number of sulfonamides is 1. The van der Waals surface area contributed by atoms with E-state index in [4.69, 9.17) is 4.98 Å². The van der Waals surface area contributed by atoms with Crippen molar-refractivity contribution in [2.45, 2.75) is 63.4 Å². The van der Waals surface area contributed by atoms with Crippen molar-refractivity contribution in [3.8, 4) is 11.3 Å². The van der Waals surface area contributed by atoms with Gasteiger partial charge in [-0.25, -0.2) is 17.8 Å². The number of nitrogens with zero attached hydrogens (tertiary/aromatic N) is 5. The predicted octanol–water partition coefficient (Wildman–Crippen LogP) is 4.80. The highest BCUT2D eigenvalue weighted by molar-refractivity contribution is 7.91. The first-order chi connectivity index (χ1) is 20.0. The normalized spacial score (nSPS) is 17.6. The van der Waals surface area contributed by atoms with E-state index in [2.05, 4.69) is 39.0 Å². The van der Waals surface area contributed by atoms with Crippen molar-refractivity contribution in [2.75, 3.05) is 24.1 Å². The Hall–Kier alpha value is -3.90. The fourth-order valence-corrected chi connectivity index (χ4v) is 6.62. The minimum Gasteiger partial charge on any atom is -0.351 e. The lowest BCUT2D eigenvalue weighted by molar-refractivity contribution is 0.221. The zero-order valence-electron chi connectivity index (χ0n) is 24.2. The Kier molecular flexibility index (Phi) is 8.55. The van der Waals surface area contributed by atoms with Crippen LogP contribution < -0.4 is 15.6 Å². The molecule has 1 saturated carbocycles. The minimum atomic E-state index is -3.88. The Morgan fingerprint density at radius 1 is 1.05 bits per heavy atom. The SMILES string of the molecule is CC(C)n1c(=O)c(-c2ccc(NS(=O)(=O)Cc3ccccc3F)cn2)cc2cnc(NC3CCC(N(C)C)CC3)nc21. The molecule has 2 N–H and O–H groups in total. The predicted molar refractivity (Wildman–Crippen MR) is 163 cm³/mol. The van der Waals surface area contributed by atoms with Gasteiger partial charge in [-0.3, -0.25) is 19.1 Å². The van der Waals surface area contributed by atoms with Gasteiger partial charge >= 0.3 is 0 Å². The van der Waals surface area contributed by atoms with Gasteiger partial charge in [-0.15, -0.1) is 0 Å². The van der Waals surface area contributed by atoms with Crippen LogP contribution in [0.3, 0.4) is 0 Å². The largest absolute Gasteiger partial charge is 0.351 e. The number of hydrogen-bond donors (Lipinski definition) is 2. The van der Waals surface area contributed by atoms with Crippen molar-refractivity contribution in [1.82, 2.24) is 24.4 Å². The fourth-order valence-electron chi connectivity index (χ4n) is 5.42. The molecule has 0 unspecified atom stereocenters. The summed E-state index contributed by atoms with van der Waals surface area (Å²) in [5, 5.41) is 4.15. The van der Waals surface area contributed by atoms with Gasteiger partial charge in [0.05, 0.1) is 28.9 Å². The average molecular weight is 594 g/mol.